The predicted molar refractivity (Wildman–Crippen MR) is 129 cm³/mol. The van der Waals surface area contributed by atoms with Gasteiger partial charge in [-0.1, -0.05) is 44.7 Å². The van der Waals surface area contributed by atoms with Gasteiger partial charge in [-0.15, -0.1) is 0 Å². The summed E-state index contributed by atoms with van der Waals surface area (Å²) in [5.41, 5.74) is 1.59. The van der Waals surface area contributed by atoms with E-state index in [4.69, 9.17) is 14.2 Å². The minimum atomic E-state index is -0.741. The Morgan fingerprint density at radius 3 is 2.58 bits per heavy atom. The summed E-state index contributed by atoms with van der Waals surface area (Å²) in [7, 11) is 0. The molecule has 0 N–H and O–H groups in total. The highest BCUT2D eigenvalue weighted by atomic mass is 16.5. The van der Waals surface area contributed by atoms with Gasteiger partial charge in [-0.2, -0.15) is 0 Å². The Balaban J connectivity index is 1.54. The van der Waals surface area contributed by atoms with Crippen molar-refractivity contribution in [3.63, 3.8) is 0 Å². The number of carbonyl (C=O) groups is 2. The molecular weight excluding hydrogens is 418 g/mol. The average Bonchev–Trinajstić information content (AvgIpc) is 2.84. The number of ether oxygens (including phenoxy) is 3. The van der Waals surface area contributed by atoms with Crippen LogP contribution in [0.3, 0.4) is 0 Å². The molecule has 1 heterocycles. The van der Waals surface area contributed by atoms with E-state index in [0.717, 1.165) is 50.2 Å². The lowest BCUT2D eigenvalue weighted by molar-refractivity contribution is -0.146. The van der Waals surface area contributed by atoms with Crippen molar-refractivity contribution >= 4 is 17.4 Å². The Kier molecular flexibility index (Phi) is 9.60. The second-order valence-corrected chi connectivity index (χ2v) is 8.19. The molecule has 0 aromatic heterocycles. The second-order valence-electron chi connectivity index (χ2n) is 8.19. The van der Waals surface area contributed by atoms with Gasteiger partial charge in [-0.25, -0.2) is 0 Å². The lowest BCUT2D eigenvalue weighted by Gasteiger charge is -2.31. The summed E-state index contributed by atoms with van der Waals surface area (Å²) >= 11 is 0. The number of esters is 1. The van der Waals surface area contributed by atoms with Crippen molar-refractivity contribution in [2.75, 3.05) is 37.8 Å². The van der Waals surface area contributed by atoms with Crippen molar-refractivity contribution in [3.8, 4) is 11.5 Å². The molecule has 2 aromatic carbocycles. The highest BCUT2D eigenvalue weighted by molar-refractivity contribution is 6.08. The fourth-order valence-corrected chi connectivity index (χ4v) is 4.02. The molecule has 0 spiro atoms. The minimum Gasteiger partial charge on any atom is -0.492 e. The fraction of sp³-hybridized carbons (Fsp3) is 0.481. The number of hydrogen-bond acceptors (Lipinski definition) is 6. The minimum absolute atomic E-state index is 0.179. The number of hydrogen-bond donors (Lipinski definition) is 0. The molecule has 1 unspecified atom stereocenters. The van der Waals surface area contributed by atoms with Gasteiger partial charge in [0, 0.05) is 5.56 Å². The van der Waals surface area contributed by atoms with E-state index in [1.165, 1.54) is 0 Å². The number of benzene rings is 2. The molecule has 1 aliphatic rings. The first-order valence-corrected chi connectivity index (χ1v) is 12.0. The van der Waals surface area contributed by atoms with E-state index in [-0.39, 0.29) is 12.4 Å². The Hall–Kier alpha value is -3.02. The Labute approximate surface area is 196 Å². The van der Waals surface area contributed by atoms with Gasteiger partial charge in [-0.05, 0) is 49.7 Å². The third kappa shape index (κ3) is 6.98. The van der Waals surface area contributed by atoms with Crippen molar-refractivity contribution in [1.29, 1.82) is 0 Å². The molecule has 0 fully saturated rings. The molecule has 3 rings (SSSR count). The van der Waals surface area contributed by atoms with Crippen LogP contribution in [0, 0.1) is 5.92 Å². The molecule has 1 atom stereocenters. The number of nitrogens with zero attached hydrogens (tertiary/aromatic N) is 1. The zero-order chi connectivity index (χ0) is 23.5. The normalized spacial score (nSPS) is 13.6. The van der Waals surface area contributed by atoms with Gasteiger partial charge in [0.1, 0.15) is 30.6 Å². The van der Waals surface area contributed by atoms with Gasteiger partial charge >= 0.3 is 5.97 Å². The third-order valence-electron chi connectivity index (χ3n) is 5.83. The SMILES string of the molecule is CCCCCCC(C(=O)OCC)C(=O)c1ccc(OCCN2CCOc3ccccc32)cc1. The molecule has 178 valence electrons. The maximum atomic E-state index is 13.0. The molecular formula is C27H35NO5. The Bertz CT molecular complexity index is 896. The van der Waals surface area contributed by atoms with Crippen LogP contribution >= 0.6 is 0 Å². The van der Waals surface area contributed by atoms with Crippen LogP contribution < -0.4 is 14.4 Å². The number of para-hydroxylation sites is 2. The molecule has 0 amide bonds. The standard InChI is InChI=1S/C27H35NO5/c1-3-5-6-7-10-23(27(30)31-4-2)26(29)21-13-15-22(16-14-21)32-19-17-28-18-20-33-25-12-9-8-11-24(25)28/h8-9,11-16,23H,3-7,10,17-20H2,1-2H3. The van der Waals surface area contributed by atoms with Crippen LogP contribution in [0.25, 0.3) is 0 Å². The van der Waals surface area contributed by atoms with E-state index < -0.39 is 11.9 Å². The van der Waals surface area contributed by atoms with Gasteiger partial charge in [0.2, 0.25) is 0 Å². The molecule has 33 heavy (non-hydrogen) atoms. The van der Waals surface area contributed by atoms with Gasteiger partial charge in [-0.3, -0.25) is 9.59 Å². The van der Waals surface area contributed by atoms with Gasteiger partial charge in [0.15, 0.2) is 5.78 Å². The maximum absolute atomic E-state index is 13.0. The monoisotopic (exact) mass is 453 g/mol. The molecule has 0 saturated heterocycles. The number of unbranched alkanes of at least 4 members (excludes halogenated alkanes) is 3. The van der Waals surface area contributed by atoms with Crippen molar-refractivity contribution in [1.82, 2.24) is 0 Å². The summed E-state index contributed by atoms with van der Waals surface area (Å²) in [6, 6.07) is 15.1. The summed E-state index contributed by atoms with van der Waals surface area (Å²) in [5, 5.41) is 0. The van der Waals surface area contributed by atoms with Crippen LogP contribution in [0.5, 0.6) is 11.5 Å². The van der Waals surface area contributed by atoms with Crippen LogP contribution in [-0.2, 0) is 9.53 Å². The van der Waals surface area contributed by atoms with Crippen LogP contribution in [-0.4, -0.2) is 44.7 Å². The van der Waals surface area contributed by atoms with Crippen molar-refractivity contribution in [2.45, 2.75) is 46.0 Å². The van der Waals surface area contributed by atoms with Crippen LogP contribution in [0.2, 0.25) is 0 Å². The van der Waals surface area contributed by atoms with E-state index in [1.54, 1.807) is 31.2 Å². The Morgan fingerprint density at radius 2 is 1.82 bits per heavy atom. The highest BCUT2D eigenvalue weighted by Crippen LogP contribution is 2.30. The third-order valence-corrected chi connectivity index (χ3v) is 5.83. The fourth-order valence-electron chi connectivity index (χ4n) is 4.02. The largest absolute Gasteiger partial charge is 0.492 e. The molecule has 0 bridgehead atoms. The molecule has 0 radical (unpaired) electrons. The average molecular weight is 454 g/mol. The van der Waals surface area contributed by atoms with E-state index in [1.807, 2.05) is 18.2 Å². The van der Waals surface area contributed by atoms with Crippen molar-refractivity contribution in [3.05, 3.63) is 54.1 Å². The van der Waals surface area contributed by atoms with Crippen molar-refractivity contribution < 1.29 is 23.8 Å². The predicted octanol–water partition coefficient (Wildman–Crippen LogP) is 5.30. The summed E-state index contributed by atoms with van der Waals surface area (Å²) in [6.45, 7) is 6.91. The summed E-state index contributed by atoms with van der Waals surface area (Å²) in [4.78, 5) is 27.6. The van der Waals surface area contributed by atoms with E-state index in [9.17, 15) is 9.59 Å². The summed E-state index contributed by atoms with van der Waals surface area (Å²) < 4.78 is 16.8. The molecule has 2 aromatic rings. The van der Waals surface area contributed by atoms with Crippen LogP contribution in [0.15, 0.2) is 48.5 Å². The molecule has 1 aliphatic heterocycles. The molecule has 0 aliphatic carbocycles. The lowest BCUT2D eigenvalue weighted by atomic mass is 9.92. The number of ketones is 1. The number of anilines is 1. The smallest absolute Gasteiger partial charge is 0.316 e. The van der Waals surface area contributed by atoms with Gasteiger partial charge in [0.05, 0.1) is 25.4 Å². The highest BCUT2D eigenvalue weighted by Gasteiger charge is 2.28. The Morgan fingerprint density at radius 1 is 1.03 bits per heavy atom. The first kappa shape index (κ1) is 24.6. The zero-order valence-electron chi connectivity index (χ0n) is 19.8. The zero-order valence-corrected chi connectivity index (χ0v) is 19.8. The van der Waals surface area contributed by atoms with Gasteiger partial charge in [0.25, 0.3) is 0 Å². The summed E-state index contributed by atoms with van der Waals surface area (Å²) in [5.74, 6) is 0.252. The van der Waals surface area contributed by atoms with Crippen molar-refractivity contribution in [2.24, 2.45) is 5.92 Å². The van der Waals surface area contributed by atoms with Crippen LogP contribution in [0.4, 0.5) is 5.69 Å². The number of Topliss-reactive ketones (excluding diaryl/α,β-unsaturated/α-hetero) is 1. The molecule has 6 nitrogen and oxygen atoms in total. The van der Waals surface area contributed by atoms with E-state index >= 15 is 0 Å². The lowest BCUT2D eigenvalue weighted by Crippen LogP contribution is -2.35. The van der Waals surface area contributed by atoms with Crippen LogP contribution in [0.1, 0.15) is 56.3 Å². The van der Waals surface area contributed by atoms with E-state index in [0.29, 0.717) is 30.9 Å². The topological polar surface area (TPSA) is 65.1 Å². The summed E-state index contributed by atoms with van der Waals surface area (Å²) in [6.07, 6.45) is 4.59. The quantitative estimate of drug-likeness (QED) is 0.178. The van der Waals surface area contributed by atoms with E-state index in [2.05, 4.69) is 17.9 Å². The van der Waals surface area contributed by atoms with Gasteiger partial charge < -0.3 is 19.1 Å². The maximum Gasteiger partial charge on any atom is 0.316 e. The molecule has 6 heteroatoms. The first-order chi connectivity index (χ1) is 16.1. The number of fused-ring (bicyclic) bond motifs is 1. The first-order valence-electron chi connectivity index (χ1n) is 12.0. The number of carbonyl (C=O) groups excluding carboxylic acids is 2. The molecule has 0 saturated carbocycles. The number of rotatable bonds is 13. The second kappa shape index (κ2) is 12.9.